The van der Waals surface area contributed by atoms with E-state index in [0.717, 1.165) is 11.4 Å². The number of benzene rings is 1. The third-order valence-corrected chi connectivity index (χ3v) is 1.55. The second kappa shape index (κ2) is 1.74. The van der Waals surface area contributed by atoms with Crippen LogP contribution in [0.4, 0.5) is 11.4 Å². The van der Waals surface area contributed by atoms with Crippen molar-refractivity contribution in [2.45, 2.75) is 0 Å². The SMILES string of the molecule is OB(O)c1ccc2c(c1)N2. The number of fused-ring (bicyclic) bond motifs is 1. The fourth-order valence-corrected chi connectivity index (χ4v) is 0.914. The van der Waals surface area contributed by atoms with Crippen molar-refractivity contribution in [2.24, 2.45) is 0 Å². The lowest BCUT2D eigenvalue weighted by Crippen LogP contribution is -2.28. The molecule has 3 nitrogen and oxygen atoms in total. The minimum atomic E-state index is -1.35. The van der Waals surface area contributed by atoms with Crippen molar-refractivity contribution in [1.82, 2.24) is 0 Å². The van der Waals surface area contributed by atoms with Crippen LogP contribution in [0.2, 0.25) is 0 Å². The van der Waals surface area contributed by atoms with Crippen LogP contribution in [-0.4, -0.2) is 17.2 Å². The molecule has 10 heavy (non-hydrogen) atoms. The van der Waals surface area contributed by atoms with Crippen LogP contribution in [0.15, 0.2) is 18.2 Å². The number of rotatable bonds is 1. The summed E-state index contributed by atoms with van der Waals surface area (Å²) in [5.41, 5.74) is 2.60. The molecule has 0 aliphatic carbocycles. The van der Waals surface area contributed by atoms with E-state index in [-0.39, 0.29) is 0 Å². The monoisotopic (exact) mass is 135 g/mol. The van der Waals surface area contributed by atoms with Crippen LogP contribution >= 0.6 is 0 Å². The zero-order valence-corrected chi connectivity index (χ0v) is 5.20. The van der Waals surface area contributed by atoms with E-state index >= 15 is 0 Å². The van der Waals surface area contributed by atoms with Crippen molar-refractivity contribution in [3.05, 3.63) is 18.2 Å². The highest BCUT2D eigenvalue weighted by Crippen LogP contribution is 2.36. The number of hydrogen-bond donors (Lipinski definition) is 3. The summed E-state index contributed by atoms with van der Waals surface area (Å²) in [7, 11) is -1.35. The van der Waals surface area contributed by atoms with Crippen LogP contribution in [0.3, 0.4) is 0 Å². The van der Waals surface area contributed by atoms with Gasteiger partial charge in [0.1, 0.15) is 0 Å². The molecule has 0 aromatic heterocycles. The van der Waals surface area contributed by atoms with E-state index < -0.39 is 7.12 Å². The second-order valence-corrected chi connectivity index (χ2v) is 2.30. The van der Waals surface area contributed by atoms with Crippen molar-refractivity contribution in [1.29, 1.82) is 0 Å². The lowest BCUT2D eigenvalue weighted by Gasteiger charge is -1.93. The minimum Gasteiger partial charge on any atom is -0.423 e. The predicted octanol–water partition coefficient (Wildman–Crippen LogP) is -0.577. The van der Waals surface area contributed by atoms with Gasteiger partial charge in [-0.2, -0.15) is 0 Å². The predicted molar refractivity (Wildman–Crippen MR) is 39.6 cm³/mol. The van der Waals surface area contributed by atoms with E-state index in [1.807, 2.05) is 6.07 Å². The molecule has 0 unspecified atom stereocenters. The van der Waals surface area contributed by atoms with Gasteiger partial charge in [-0.05, 0) is 17.6 Å². The Bertz CT molecular complexity index is 274. The third kappa shape index (κ3) is 0.779. The molecule has 2 rings (SSSR count). The lowest BCUT2D eigenvalue weighted by molar-refractivity contribution is 0.426. The van der Waals surface area contributed by atoms with Crippen LogP contribution in [0.25, 0.3) is 0 Å². The summed E-state index contributed by atoms with van der Waals surface area (Å²) in [5.74, 6) is 0. The van der Waals surface area contributed by atoms with Crippen LogP contribution in [0, 0.1) is 0 Å². The number of nitrogens with one attached hydrogen (secondary N) is 1. The largest absolute Gasteiger partial charge is 0.488 e. The molecule has 0 atom stereocenters. The van der Waals surface area contributed by atoms with Crippen molar-refractivity contribution >= 4 is 24.0 Å². The molecule has 0 saturated heterocycles. The van der Waals surface area contributed by atoms with Gasteiger partial charge in [0.15, 0.2) is 0 Å². The molecule has 50 valence electrons. The summed E-state index contributed by atoms with van der Waals surface area (Å²) < 4.78 is 0. The Hall–Kier alpha value is -0.995. The van der Waals surface area contributed by atoms with E-state index in [2.05, 4.69) is 5.32 Å². The molecule has 1 aromatic carbocycles. The van der Waals surface area contributed by atoms with Gasteiger partial charge >= 0.3 is 7.12 Å². The Morgan fingerprint density at radius 3 is 2.60 bits per heavy atom. The van der Waals surface area contributed by atoms with E-state index in [0.29, 0.717) is 5.46 Å². The summed E-state index contributed by atoms with van der Waals surface area (Å²) in [6.07, 6.45) is 0. The molecule has 0 spiro atoms. The maximum atomic E-state index is 8.70. The molecule has 0 fully saturated rings. The van der Waals surface area contributed by atoms with Gasteiger partial charge in [0.05, 0.1) is 11.4 Å². The van der Waals surface area contributed by atoms with Gasteiger partial charge in [-0.25, -0.2) is 0 Å². The van der Waals surface area contributed by atoms with Crippen LogP contribution in [-0.2, 0) is 0 Å². The zero-order chi connectivity index (χ0) is 7.14. The molecule has 3 N–H and O–H groups in total. The molecule has 0 saturated carbocycles. The molecule has 1 aliphatic heterocycles. The topological polar surface area (TPSA) is 62.4 Å². The van der Waals surface area contributed by atoms with Crippen molar-refractivity contribution in [3.63, 3.8) is 0 Å². The summed E-state index contributed by atoms with van der Waals surface area (Å²) in [6.45, 7) is 0. The molecular formula is C6H6BNO2. The Kier molecular flexibility index (Phi) is 1.01. The maximum absolute atomic E-state index is 8.70. The second-order valence-electron chi connectivity index (χ2n) is 2.30. The maximum Gasteiger partial charge on any atom is 0.488 e. The van der Waals surface area contributed by atoms with Gasteiger partial charge in [-0.1, -0.05) is 6.07 Å². The van der Waals surface area contributed by atoms with Gasteiger partial charge in [-0.3, -0.25) is 0 Å². The average Bonchev–Trinajstić information content (AvgIpc) is 2.63. The van der Waals surface area contributed by atoms with Gasteiger partial charge in [-0.15, -0.1) is 0 Å². The highest BCUT2D eigenvalue weighted by molar-refractivity contribution is 6.58. The normalized spacial score (nSPS) is 11.8. The molecule has 0 amide bonds. The highest BCUT2D eigenvalue weighted by Gasteiger charge is 2.19. The first-order valence-corrected chi connectivity index (χ1v) is 3.04. The van der Waals surface area contributed by atoms with Gasteiger partial charge < -0.3 is 15.4 Å². The van der Waals surface area contributed by atoms with Crippen LogP contribution < -0.4 is 10.8 Å². The highest BCUT2D eigenvalue weighted by atomic mass is 16.4. The van der Waals surface area contributed by atoms with Gasteiger partial charge in [0.2, 0.25) is 0 Å². The summed E-state index contributed by atoms with van der Waals surface area (Å²) in [6, 6.07) is 5.23. The molecule has 0 bridgehead atoms. The molecule has 1 heterocycles. The van der Waals surface area contributed by atoms with Crippen LogP contribution in [0.1, 0.15) is 0 Å². The zero-order valence-electron chi connectivity index (χ0n) is 5.20. The first-order chi connectivity index (χ1) is 4.77. The number of anilines is 2. The Morgan fingerprint density at radius 1 is 1.20 bits per heavy atom. The average molecular weight is 135 g/mol. The fourth-order valence-electron chi connectivity index (χ4n) is 0.914. The van der Waals surface area contributed by atoms with Crippen LogP contribution in [0.5, 0.6) is 0 Å². The van der Waals surface area contributed by atoms with E-state index in [1.165, 1.54) is 0 Å². The molecule has 0 radical (unpaired) electrons. The molecule has 4 heteroatoms. The standard InChI is InChI=1S/C6H6BNO2/c9-7(10)4-1-2-5-6(3-4)8-5/h1-3,8-10H. The van der Waals surface area contributed by atoms with E-state index in [9.17, 15) is 0 Å². The smallest absolute Gasteiger partial charge is 0.423 e. The first-order valence-electron chi connectivity index (χ1n) is 3.04. The van der Waals surface area contributed by atoms with Gasteiger partial charge in [0, 0.05) is 0 Å². The van der Waals surface area contributed by atoms with Gasteiger partial charge in [0.25, 0.3) is 0 Å². The van der Waals surface area contributed by atoms with E-state index in [4.69, 9.17) is 10.0 Å². The number of hydrogen-bond acceptors (Lipinski definition) is 3. The Morgan fingerprint density at radius 2 is 2.00 bits per heavy atom. The quantitative estimate of drug-likeness (QED) is 0.362. The first kappa shape index (κ1) is 5.76. The Labute approximate surface area is 58.5 Å². The molecular weight excluding hydrogens is 129 g/mol. The molecule has 1 aromatic rings. The third-order valence-electron chi connectivity index (χ3n) is 1.55. The van der Waals surface area contributed by atoms with Crippen molar-refractivity contribution in [3.8, 4) is 0 Å². The summed E-state index contributed by atoms with van der Waals surface area (Å²) in [5, 5.41) is 20.4. The van der Waals surface area contributed by atoms with Crippen molar-refractivity contribution in [2.75, 3.05) is 5.32 Å². The summed E-state index contributed by atoms with van der Waals surface area (Å²) in [4.78, 5) is 0. The summed E-state index contributed by atoms with van der Waals surface area (Å²) >= 11 is 0. The fraction of sp³-hybridized carbons (Fsp3) is 0. The van der Waals surface area contributed by atoms with E-state index in [1.54, 1.807) is 12.1 Å². The Balaban J connectivity index is 2.39. The molecule has 1 aliphatic rings. The minimum absolute atomic E-state index is 0.531. The lowest BCUT2D eigenvalue weighted by atomic mass is 9.81. The van der Waals surface area contributed by atoms with Crippen molar-refractivity contribution < 1.29 is 10.0 Å².